The van der Waals surface area contributed by atoms with Gasteiger partial charge >= 0.3 is 0 Å². The molecule has 2 aromatic rings. The summed E-state index contributed by atoms with van der Waals surface area (Å²) in [5.41, 5.74) is 1.65. The van der Waals surface area contributed by atoms with Crippen LogP contribution in [0.2, 0.25) is 0 Å². The van der Waals surface area contributed by atoms with Crippen molar-refractivity contribution in [2.24, 2.45) is 0 Å². The number of benzene rings is 2. The van der Waals surface area contributed by atoms with Gasteiger partial charge < -0.3 is 33.5 Å². The Labute approximate surface area is 194 Å². The van der Waals surface area contributed by atoms with Crippen LogP contribution in [-0.2, 0) is 25.4 Å². The summed E-state index contributed by atoms with van der Waals surface area (Å²) in [5, 5.41) is 12.5. The van der Waals surface area contributed by atoms with Gasteiger partial charge in [-0.2, -0.15) is 0 Å². The Kier molecular flexibility index (Phi) is 3.76. The Bertz CT molecular complexity index is 1270. The van der Waals surface area contributed by atoms with E-state index < -0.39 is 29.4 Å². The van der Waals surface area contributed by atoms with Crippen LogP contribution in [0.3, 0.4) is 0 Å². The Hall–Kier alpha value is -2.10. The zero-order chi connectivity index (χ0) is 22.9. The van der Waals surface area contributed by atoms with Gasteiger partial charge in [0.25, 0.3) is 5.79 Å². The molecule has 2 aromatic carbocycles. The minimum absolute atomic E-state index is 0.0531. The fraction of sp³-hybridized carbons (Fsp3) is 0.542. The number of aromatic hydroxyl groups is 1. The Morgan fingerprint density at radius 1 is 1.27 bits per heavy atom. The number of hydrogen-bond donors (Lipinski definition) is 1. The van der Waals surface area contributed by atoms with Crippen molar-refractivity contribution in [3.63, 3.8) is 0 Å². The first kappa shape index (κ1) is 20.3. The summed E-state index contributed by atoms with van der Waals surface area (Å²) in [7, 11) is 3.12. The summed E-state index contributed by atoms with van der Waals surface area (Å²) in [6.07, 6.45) is 0.613. The van der Waals surface area contributed by atoms with Crippen LogP contribution in [0.1, 0.15) is 46.0 Å². The van der Waals surface area contributed by atoms with E-state index in [-0.39, 0.29) is 17.4 Å². The van der Waals surface area contributed by atoms with Gasteiger partial charge in [-0.3, -0.25) is 4.79 Å². The predicted octanol–water partition coefficient (Wildman–Crippen LogP) is 3.29. The zero-order valence-electron chi connectivity index (χ0n) is 18.5. The molecule has 4 heterocycles. The van der Waals surface area contributed by atoms with Gasteiger partial charge in [-0.15, -0.1) is 11.6 Å². The van der Waals surface area contributed by atoms with Crippen molar-refractivity contribution in [2.75, 3.05) is 26.7 Å². The number of ether oxygens (including phenoxy) is 6. The normalized spacial score (nSPS) is 37.3. The van der Waals surface area contributed by atoms with Gasteiger partial charge in [0.1, 0.15) is 23.4 Å². The molecule has 7 rings (SSSR count). The lowest BCUT2D eigenvalue weighted by Crippen LogP contribution is -2.67. The number of rotatable bonds is 3. The van der Waals surface area contributed by atoms with Crippen molar-refractivity contribution in [2.45, 2.75) is 55.6 Å². The number of methoxy groups -OCH3 is 2. The lowest BCUT2D eigenvalue weighted by atomic mass is 9.78. The number of phenols is 1. The van der Waals surface area contributed by atoms with Crippen LogP contribution in [0.25, 0.3) is 10.8 Å². The van der Waals surface area contributed by atoms with E-state index in [1.54, 1.807) is 14.2 Å². The number of carbonyl (C=O) groups is 1. The lowest BCUT2D eigenvalue weighted by Gasteiger charge is -2.48. The Balaban J connectivity index is 1.58. The topological polar surface area (TPSA) is 96.0 Å². The van der Waals surface area contributed by atoms with Crippen molar-refractivity contribution in [3.05, 3.63) is 28.3 Å². The quantitative estimate of drug-likeness (QED) is 0.535. The Morgan fingerprint density at radius 2 is 2.06 bits per heavy atom. The molecule has 1 spiro atoms. The standard InChI is InChI=1S/C24H23ClO8/c1-10-7-12-16(17(27)15-11(18(12)28-2)5-4-6-13(15)26)19-14(10)20-21-24(29-3,32-19)22(9-30-22)23(8-25,31-20)33-21/h7,20-21,27H,4-6,8-9H2,1-3H3/t20?,21?,22-,23?,24-/m1/s1. The molecule has 3 unspecified atom stereocenters. The summed E-state index contributed by atoms with van der Waals surface area (Å²) in [4.78, 5) is 12.9. The minimum atomic E-state index is -1.31. The van der Waals surface area contributed by atoms with Gasteiger partial charge in [0, 0.05) is 30.0 Å². The molecular weight excluding hydrogens is 452 g/mol. The molecular formula is C24H23ClO8. The summed E-state index contributed by atoms with van der Waals surface area (Å²) in [6.45, 7) is 2.26. The minimum Gasteiger partial charge on any atom is -0.506 e. The van der Waals surface area contributed by atoms with Gasteiger partial charge in [0.15, 0.2) is 11.9 Å². The van der Waals surface area contributed by atoms with Crippen molar-refractivity contribution < 1.29 is 38.3 Å². The van der Waals surface area contributed by atoms with Crippen LogP contribution in [0.5, 0.6) is 17.2 Å². The van der Waals surface area contributed by atoms with Crippen LogP contribution in [0.4, 0.5) is 0 Å². The summed E-state index contributed by atoms with van der Waals surface area (Å²) >= 11 is 6.33. The summed E-state index contributed by atoms with van der Waals surface area (Å²) in [5.74, 6) is -1.67. The number of halogens is 1. The molecule has 0 radical (unpaired) electrons. The number of fused-ring (bicyclic) bond motifs is 8. The maximum absolute atomic E-state index is 12.9. The summed E-state index contributed by atoms with van der Waals surface area (Å²) < 4.78 is 37.0. The molecule has 174 valence electrons. The highest BCUT2D eigenvalue weighted by Crippen LogP contribution is 2.71. The monoisotopic (exact) mass is 474 g/mol. The largest absolute Gasteiger partial charge is 0.506 e. The highest BCUT2D eigenvalue weighted by molar-refractivity contribution is 6.18. The third kappa shape index (κ3) is 2.00. The second-order valence-corrected chi connectivity index (χ2v) is 9.69. The maximum Gasteiger partial charge on any atom is 0.276 e. The number of hydrogen-bond acceptors (Lipinski definition) is 8. The molecule has 5 atom stereocenters. The molecule has 2 bridgehead atoms. The lowest BCUT2D eigenvalue weighted by molar-refractivity contribution is -0.283. The molecule has 1 N–H and O–H groups in total. The fourth-order valence-corrected chi connectivity index (χ4v) is 6.90. The molecule has 4 aliphatic heterocycles. The van der Waals surface area contributed by atoms with E-state index in [9.17, 15) is 9.90 Å². The van der Waals surface area contributed by atoms with Crippen molar-refractivity contribution in [3.8, 4) is 17.2 Å². The first-order valence-electron chi connectivity index (χ1n) is 11.1. The molecule has 3 fully saturated rings. The number of ketones is 1. The molecule has 0 aromatic heterocycles. The van der Waals surface area contributed by atoms with Crippen LogP contribution >= 0.6 is 11.6 Å². The summed E-state index contributed by atoms with van der Waals surface area (Å²) in [6, 6.07) is 1.95. The maximum atomic E-state index is 12.9. The molecule has 3 saturated heterocycles. The highest BCUT2D eigenvalue weighted by atomic mass is 35.5. The number of Topliss-reactive ketones (excluding diaryl/α,β-unsaturated/α-hetero) is 1. The van der Waals surface area contributed by atoms with E-state index >= 15 is 0 Å². The zero-order valence-corrected chi connectivity index (χ0v) is 19.2. The molecule has 33 heavy (non-hydrogen) atoms. The fourth-order valence-electron chi connectivity index (χ4n) is 6.56. The van der Waals surface area contributed by atoms with Gasteiger partial charge in [-0.05, 0) is 31.4 Å². The number of aryl methyl sites for hydroxylation is 1. The third-order valence-corrected chi connectivity index (χ3v) is 8.40. The van der Waals surface area contributed by atoms with Crippen molar-refractivity contribution >= 4 is 28.2 Å². The second-order valence-electron chi connectivity index (χ2n) is 9.42. The van der Waals surface area contributed by atoms with Crippen LogP contribution in [0, 0.1) is 6.92 Å². The molecule has 1 aliphatic carbocycles. The van der Waals surface area contributed by atoms with Gasteiger partial charge in [-0.1, -0.05) is 0 Å². The smallest absolute Gasteiger partial charge is 0.276 e. The van der Waals surface area contributed by atoms with Gasteiger partial charge in [0.05, 0.1) is 30.5 Å². The number of carbonyl (C=O) groups excluding carboxylic acids is 1. The predicted molar refractivity (Wildman–Crippen MR) is 115 cm³/mol. The first-order valence-corrected chi connectivity index (χ1v) is 11.6. The average Bonchev–Trinajstić information content (AvgIpc) is 3.47. The number of alkyl halides is 1. The van der Waals surface area contributed by atoms with Crippen molar-refractivity contribution in [1.82, 2.24) is 0 Å². The molecule has 9 heteroatoms. The average molecular weight is 475 g/mol. The number of phenolic OH excluding ortho intramolecular Hbond substituents is 1. The van der Waals surface area contributed by atoms with E-state index in [2.05, 4.69) is 0 Å². The Morgan fingerprint density at radius 3 is 2.73 bits per heavy atom. The van der Waals surface area contributed by atoms with E-state index in [4.69, 9.17) is 40.0 Å². The van der Waals surface area contributed by atoms with Crippen LogP contribution in [-0.4, -0.2) is 60.9 Å². The van der Waals surface area contributed by atoms with Crippen LogP contribution < -0.4 is 9.47 Å². The van der Waals surface area contributed by atoms with E-state index in [1.807, 2.05) is 13.0 Å². The SMILES string of the molecule is COc1c2c(c(O)c3c4c(c(C)cc13)C1OC3(CCl)OC1[C@@](OC)(O4)[C@@]31CO1)C(=O)CCC2. The first-order chi connectivity index (χ1) is 15.9. The molecule has 0 saturated carbocycles. The van der Waals surface area contributed by atoms with E-state index in [0.717, 1.165) is 23.1 Å². The van der Waals surface area contributed by atoms with E-state index in [0.29, 0.717) is 47.3 Å². The van der Waals surface area contributed by atoms with Crippen molar-refractivity contribution in [1.29, 1.82) is 0 Å². The van der Waals surface area contributed by atoms with Gasteiger partial charge in [0.2, 0.25) is 11.4 Å². The molecule has 5 aliphatic rings. The number of epoxide rings is 1. The second kappa shape index (κ2) is 6.12. The van der Waals surface area contributed by atoms with Gasteiger partial charge in [-0.25, -0.2) is 0 Å². The molecule has 0 amide bonds. The van der Waals surface area contributed by atoms with Crippen LogP contribution in [0.15, 0.2) is 6.07 Å². The van der Waals surface area contributed by atoms with E-state index in [1.165, 1.54) is 0 Å². The molecule has 8 nitrogen and oxygen atoms in total. The third-order valence-electron chi connectivity index (χ3n) is 8.05. The highest BCUT2D eigenvalue weighted by Gasteiger charge is 2.91.